The maximum absolute atomic E-state index is 2.73. The zero-order chi connectivity index (χ0) is 16.8. The van der Waals surface area contributed by atoms with Crippen molar-refractivity contribution in [1.82, 2.24) is 19.6 Å². The molecular weight excluding hydrogens is 284 g/mol. The van der Waals surface area contributed by atoms with Crippen molar-refractivity contribution in [2.75, 3.05) is 59.4 Å². The molecule has 2 aliphatic heterocycles. The molecule has 2 aliphatic rings. The quantitative estimate of drug-likeness (QED) is 0.768. The molecule has 1 unspecified atom stereocenters. The molecule has 2 heterocycles. The minimum absolute atomic E-state index is 0.692. The highest BCUT2D eigenvalue weighted by atomic mass is 15.3. The zero-order valence-corrected chi connectivity index (χ0v) is 16.3. The van der Waals surface area contributed by atoms with E-state index in [4.69, 9.17) is 0 Å². The maximum Gasteiger partial charge on any atom is 0.0191 e. The molecule has 0 bridgehead atoms. The number of likely N-dealkylation sites (N-methyl/N-ethyl adjacent to an activating group) is 1. The van der Waals surface area contributed by atoms with Crippen LogP contribution in [0.25, 0.3) is 0 Å². The summed E-state index contributed by atoms with van der Waals surface area (Å²) in [4.78, 5) is 10.6. The number of nitrogens with zero attached hydrogens (tertiary/aromatic N) is 4. The molecule has 2 rings (SSSR count). The van der Waals surface area contributed by atoms with E-state index in [9.17, 15) is 0 Å². The molecule has 2 atom stereocenters. The monoisotopic (exact) mass is 324 g/mol. The Bertz CT molecular complexity index is 333. The van der Waals surface area contributed by atoms with Gasteiger partial charge in [-0.25, -0.2) is 0 Å². The first-order valence-corrected chi connectivity index (χ1v) is 9.88. The van der Waals surface area contributed by atoms with Crippen molar-refractivity contribution in [3.8, 4) is 0 Å². The lowest BCUT2D eigenvalue weighted by molar-refractivity contribution is 0.157. The van der Waals surface area contributed by atoms with Crippen molar-refractivity contribution in [3.63, 3.8) is 0 Å². The highest BCUT2D eigenvalue weighted by molar-refractivity contribution is 4.79. The van der Waals surface area contributed by atoms with E-state index in [0.717, 1.165) is 0 Å². The third-order valence-corrected chi connectivity index (χ3v) is 6.05. The van der Waals surface area contributed by atoms with E-state index >= 15 is 0 Å². The molecule has 0 amide bonds. The Hall–Kier alpha value is -0.160. The Morgan fingerprint density at radius 1 is 0.870 bits per heavy atom. The summed E-state index contributed by atoms with van der Waals surface area (Å²) in [6.07, 6.45) is 3.97. The Morgan fingerprint density at radius 3 is 2.30 bits per heavy atom. The summed E-state index contributed by atoms with van der Waals surface area (Å²) in [5.41, 5.74) is 0. The molecule has 0 spiro atoms. The van der Waals surface area contributed by atoms with Crippen LogP contribution in [0.4, 0.5) is 0 Å². The van der Waals surface area contributed by atoms with Gasteiger partial charge in [0.1, 0.15) is 0 Å². The summed E-state index contributed by atoms with van der Waals surface area (Å²) in [6, 6.07) is 2.11. The topological polar surface area (TPSA) is 13.0 Å². The third kappa shape index (κ3) is 6.00. The predicted molar refractivity (Wildman–Crippen MR) is 100 cm³/mol. The van der Waals surface area contributed by atoms with Crippen LogP contribution in [0.2, 0.25) is 0 Å². The highest BCUT2D eigenvalue weighted by Crippen LogP contribution is 2.14. The molecule has 0 N–H and O–H groups in total. The lowest BCUT2D eigenvalue weighted by atomic mass is 10.1. The van der Waals surface area contributed by atoms with Crippen LogP contribution in [0.5, 0.6) is 0 Å². The van der Waals surface area contributed by atoms with Crippen molar-refractivity contribution >= 4 is 0 Å². The van der Waals surface area contributed by atoms with Gasteiger partial charge in [-0.3, -0.25) is 9.80 Å². The fourth-order valence-electron chi connectivity index (χ4n) is 4.00. The Morgan fingerprint density at radius 2 is 1.57 bits per heavy atom. The Balaban J connectivity index is 1.74. The van der Waals surface area contributed by atoms with Crippen LogP contribution < -0.4 is 0 Å². The largest absolute Gasteiger partial charge is 0.302 e. The lowest BCUT2D eigenvalue weighted by Gasteiger charge is -2.32. The first-order chi connectivity index (χ1) is 11.0. The van der Waals surface area contributed by atoms with Gasteiger partial charge in [0.25, 0.3) is 0 Å². The average Bonchev–Trinajstić information content (AvgIpc) is 2.84. The van der Waals surface area contributed by atoms with E-state index in [1.54, 1.807) is 0 Å². The Kier molecular flexibility index (Phi) is 7.80. The summed E-state index contributed by atoms with van der Waals surface area (Å²) in [5, 5.41) is 0. The summed E-state index contributed by atoms with van der Waals surface area (Å²) >= 11 is 0. The van der Waals surface area contributed by atoms with Crippen molar-refractivity contribution in [1.29, 1.82) is 0 Å². The van der Waals surface area contributed by atoms with Gasteiger partial charge in [0.2, 0.25) is 0 Å². The summed E-state index contributed by atoms with van der Waals surface area (Å²) in [7, 11) is 2.27. The Labute approximate surface area is 144 Å². The molecule has 23 heavy (non-hydrogen) atoms. The number of hydrogen-bond donors (Lipinski definition) is 0. The SMILES string of the molecule is CC(C)N1CCCN(CCC(C)N2CCCN(C)[C@@H](C)C2)CC1. The molecular formula is C19H40N4. The first-order valence-electron chi connectivity index (χ1n) is 9.88. The molecule has 0 aliphatic carbocycles. The van der Waals surface area contributed by atoms with E-state index < -0.39 is 0 Å². The van der Waals surface area contributed by atoms with Gasteiger partial charge in [-0.15, -0.1) is 0 Å². The fourth-order valence-corrected chi connectivity index (χ4v) is 4.00. The lowest BCUT2D eigenvalue weighted by Crippen LogP contribution is -2.42. The zero-order valence-electron chi connectivity index (χ0n) is 16.3. The van der Waals surface area contributed by atoms with Crippen molar-refractivity contribution in [3.05, 3.63) is 0 Å². The van der Waals surface area contributed by atoms with Crippen LogP contribution in [0, 0.1) is 0 Å². The van der Waals surface area contributed by atoms with E-state index in [2.05, 4.69) is 54.3 Å². The average molecular weight is 325 g/mol. The molecule has 2 saturated heterocycles. The smallest absolute Gasteiger partial charge is 0.0191 e. The number of hydrogen-bond acceptors (Lipinski definition) is 4. The van der Waals surface area contributed by atoms with E-state index in [0.29, 0.717) is 18.1 Å². The minimum Gasteiger partial charge on any atom is -0.302 e. The van der Waals surface area contributed by atoms with Crippen LogP contribution in [0.3, 0.4) is 0 Å². The normalized spacial score (nSPS) is 28.7. The molecule has 4 nitrogen and oxygen atoms in total. The molecule has 0 aromatic heterocycles. The van der Waals surface area contributed by atoms with Gasteiger partial charge in [-0.1, -0.05) is 0 Å². The predicted octanol–water partition coefficient (Wildman–Crippen LogP) is 2.21. The second kappa shape index (κ2) is 9.36. The third-order valence-electron chi connectivity index (χ3n) is 6.05. The fraction of sp³-hybridized carbons (Fsp3) is 1.00. The van der Waals surface area contributed by atoms with Crippen molar-refractivity contribution in [2.45, 2.75) is 65.1 Å². The maximum atomic E-state index is 2.73. The van der Waals surface area contributed by atoms with Gasteiger partial charge >= 0.3 is 0 Å². The van der Waals surface area contributed by atoms with E-state index in [1.807, 2.05) is 0 Å². The summed E-state index contributed by atoms with van der Waals surface area (Å²) < 4.78 is 0. The van der Waals surface area contributed by atoms with Crippen LogP contribution in [0.1, 0.15) is 47.0 Å². The second-order valence-electron chi connectivity index (χ2n) is 8.14. The first kappa shape index (κ1) is 19.2. The molecule has 0 aromatic carbocycles. The minimum atomic E-state index is 0.692. The molecule has 2 fully saturated rings. The molecule has 136 valence electrons. The van der Waals surface area contributed by atoms with Crippen LogP contribution in [0.15, 0.2) is 0 Å². The standard InChI is InChI=1S/C19H40N4/c1-17(2)22-11-7-10-21(14-15-22)13-8-18(3)23-12-6-9-20(5)19(4)16-23/h17-19H,6-16H2,1-5H3/t18?,19-/m0/s1. The van der Waals surface area contributed by atoms with Gasteiger partial charge < -0.3 is 9.80 Å². The van der Waals surface area contributed by atoms with Gasteiger partial charge in [0.05, 0.1) is 0 Å². The molecule has 0 saturated carbocycles. The van der Waals surface area contributed by atoms with E-state index in [1.165, 1.54) is 71.6 Å². The molecule has 4 heteroatoms. The van der Waals surface area contributed by atoms with Crippen molar-refractivity contribution < 1.29 is 0 Å². The van der Waals surface area contributed by atoms with Gasteiger partial charge in [0.15, 0.2) is 0 Å². The number of rotatable bonds is 5. The van der Waals surface area contributed by atoms with Crippen molar-refractivity contribution in [2.24, 2.45) is 0 Å². The second-order valence-corrected chi connectivity index (χ2v) is 8.14. The van der Waals surface area contributed by atoms with Gasteiger partial charge in [-0.2, -0.15) is 0 Å². The van der Waals surface area contributed by atoms with Gasteiger partial charge in [-0.05, 0) is 86.7 Å². The van der Waals surface area contributed by atoms with Gasteiger partial charge in [0, 0.05) is 37.8 Å². The van der Waals surface area contributed by atoms with Crippen LogP contribution in [-0.2, 0) is 0 Å². The summed E-state index contributed by atoms with van der Waals surface area (Å²) in [5.74, 6) is 0. The van der Waals surface area contributed by atoms with E-state index in [-0.39, 0.29) is 0 Å². The highest BCUT2D eigenvalue weighted by Gasteiger charge is 2.23. The molecule has 0 aromatic rings. The summed E-state index contributed by atoms with van der Waals surface area (Å²) in [6.45, 7) is 19.6. The van der Waals surface area contributed by atoms with Crippen LogP contribution >= 0.6 is 0 Å². The molecule has 0 radical (unpaired) electrons. The van der Waals surface area contributed by atoms with Crippen LogP contribution in [-0.4, -0.2) is 97.1 Å².